The van der Waals surface area contributed by atoms with Crippen LogP contribution in [-0.4, -0.2) is 15.8 Å². The minimum absolute atomic E-state index is 0.248. The highest BCUT2D eigenvalue weighted by Gasteiger charge is 2.15. The van der Waals surface area contributed by atoms with Crippen LogP contribution in [0.3, 0.4) is 0 Å². The summed E-state index contributed by atoms with van der Waals surface area (Å²) in [7, 11) is 1.75. The summed E-state index contributed by atoms with van der Waals surface area (Å²) in [6.07, 6.45) is 0. The van der Waals surface area contributed by atoms with Crippen LogP contribution in [0.4, 0.5) is 10.2 Å². The molecule has 0 saturated carbocycles. The summed E-state index contributed by atoms with van der Waals surface area (Å²) in [5.41, 5.74) is 0.852. The number of rotatable bonds is 2. The molecule has 0 aliphatic carbocycles. The van der Waals surface area contributed by atoms with Crippen molar-refractivity contribution in [2.75, 3.05) is 12.4 Å². The summed E-state index contributed by atoms with van der Waals surface area (Å²) in [6.45, 7) is 0. The second-order valence-electron chi connectivity index (χ2n) is 3.48. The zero-order valence-electron chi connectivity index (χ0n) is 8.90. The van der Waals surface area contributed by atoms with E-state index in [4.69, 9.17) is 4.42 Å². The molecule has 0 amide bonds. The Bertz CT molecular complexity index is 676. The predicted octanol–water partition coefficient (Wildman–Crippen LogP) is 3.13. The fourth-order valence-electron chi connectivity index (χ4n) is 1.66. The van der Waals surface area contributed by atoms with Crippen molar-refractivity contribution in [2.24, 2.45) is 0 Å². The normalized spacial score (nSPS) is 10.9. The Morgan fingerprint density at radius 3 is 3.00 bits per heavy atom. The molecule has 0 fully saturated rings. The van der Waals surface area contributed by atoms with Gasteiger partial charge in [0, 0.05) is 12.4 Å². The Kier molecular flexibility index (Phi) is 2.29. The molecule has 0 atom stereocenters. The van der Waals surface area contributed by atoms with E-state index in [-0.39, 0.29) is 11.4 Å². The molecular formula is C11H8FN3OS. The van der Waals surface area contributed by atoms with Gasteiger partial charge in [0.05, 0.1) is 11.7 Å². The number of hydrogen-bond acceptors (Lipinski definition) is 5. The predicted molar refractivity (Wildman–Crippen MR) is 64.6 cm³/mol. The average Bonchev–Trinajstić information content (AvgIpc) is 2.94. The Labute approximate surface area is 100 Å². The van der Waals surface area contributed by atoms with Crippen molar-refractivity contribution >= 4 is 28.5 Å². The molecule has 0 aliphatic rings. The molecular weight excluding hydrogens is 241 g/mol. The number of hydrogen-bond donors (Lipinski definition) is 1. The van der Waals surface area contributed by atoms with Crippen LogP contribution in [-0.2, 0) is 0 Å². The molecule has 0 spiro atoms. The van der Waals surface area contributed by atoms with Crippen molar-refractivity contribution in [2.45, 2.75) is 0 Å². The van der Waals surface area contributed by atoms with E-state index < -0.39 is 0 Å². The molecule has 0 radical (unpaired) electrons. The fraction of sp³-hybridized carbons (Fsp3) is 0.0909. The van der Waals surface area contributed by atoms with Crippen LogP contribution in [0.2, 0.25) is 0 Å². The van der Waals surface area contributed by atoms with Crippen LogP contribution >= 0.6 is 11.7 Å². The molecule has 86 valence electrons. The number of anilines is 1. The lowest BCUT2D eigenvalue weighted by atomic mass is 10.2. The smallest absolute Gasteiger partial charge is 0.171 e. The maximum atomic E-state index is 13.5. The SMILES string of the molecule is CNc1nsnc1-c1cc2cccc(F)c2o1. The molecule has 0 aliphatic heterocycles. The topological polar surface area (TPSA) is 51.0 Å². The molecule has 4 nitrogen and oxygen atoms in total. The number of halogens is 1. The molecule has 0 unspecified atom stereocenters. The number of nitrogens with zero attached hydrogens (tertiary/aromatic N) is 2. The van der Waals surface area contributed by atoms with Crippen molar-refractivity contribution < 1.29 is 8.81 Å². The first-order valence-electron chi connectivity index (χ1n) is 4.98. The van der Waals surface area contributed by atoms with E-state index in [0.29, 0.717) is 17.3 Å². The van der Waals surface area contributed by atoms with E-state index in [1.165, 1.54) is 6.07 Å². The van der Waals surface area contributed by atoms with Crippen LogP contribution in [0.15, 0.2) is 28.7 Å². The third kappa shape index (κ3) is 1.57. The summed E-state index contributed by atoms with van der Waals surface area (Å²) < 4.78 is 27.2. The Morgan fingerprint density at radius 2 is 2.24 bits per heavy atom. The number of fused-ring (bicyclic) bond motifs is 1. The maximum absolute atomic E-state index is 13.5. The number of aromatic nitrogens is 2. The van der Waals surface area contributed by atoms with Gasteiger partial charge >= 0.3 is 0 Å². The van der Waals surface area contributed by atoms with Gasteiger partial charge in [-0.15, -0.1) is 0 Å². The van der Waals surface area contributed by atoms with E-state index in [2.05, 4.69) is 14.1 Å². The third-order valence-electron chi connectivity index (χ3n) is 2.45. The lowest BCUT2D eigenvalue weighted by molar-refractivity contribution is 0.568. The van der Waals surface area contributed by atoms with Gasteiger partial charge in [-0.2, -0.15) is 8.75 Å². The van der Waals surface area contributed by atoms with Crippen molar-refractivity contribution in [1.29, 1.82) is 0 Å². The second kappa shape index (κ2) is 3.81. The average molecular weight is 249 g/mol. The first-order valence-corrected chi connectivity index (χ1v) is 5.71. The van der Waals surface area contributed by atoms with Gasteiger partial charge < -0.3 is 9.73 Å². The van der Waals surface area contributed by atoms with Crippen LogP contribution in [0.5, 0.6) is 0 Å². The fourth-order valence-corrected chi connectivity index (χ4v) is 2.22. The lowest BCUT2D eigenvalue weighted by Crippen LogP contribution is -1.89. The van der Waals surface area contributed by atoms with E-state index in [9.17, 15) is 4.39 Å². The highest BCUT2D eigenvalue weighted by atomic mass is 32.1. The first-order chi connectivity index (χ1) is 8.29. The quantitative estimate of drug-likeness (QED) is 0.758. The first kappa shape index (κ1) is 10.2. The molecule has 6 heteroatoms. The molecule has 1 aromatic carbocycles. The van der Waals surface area contributed by atoms with Gasteiger partial charge in [-0.3, -0.25) is 0 Å². The summed E-state index contributed by atoms with van der Waals surface area (Å²) >= 11 is 1.08. The molecule has 0 bridgehead atoms. The van der Waals surface area contributed by atoms with E-state index in [1.54, 1.807) is 25.2 Å². The van der Waals surface area contributed by atoms with Crippen LogP contribution in [0.25, 0.3) is 22.4 Å². The zero-order chi connectivity index (χ0) is 11.8. The summed E-state index contributed by atoms with van der Waals surface area (Å²) in [5.74, 6) is 0.778. The molecule has 2 heterocycles. The molecule has 1 N–H and O–H groups in total. The van der Waals surface area contributed by atoms with E-state index >= 15 is 0 Å². The second-order valence-corrected chi connectivity index (χ2v) is 4.01. The van der Waals surface area contributed by atoms with Crippen LogP contribution in [0, 0.1) is 5.82 Å². The Hall–Kier alpha value is -1.95. The van der Waals surface area contributed by atoms with Gasteiger partial charge in [0.15, 0.2) is 28.7 Å². The molecule has 0 saturated heterocycles. The van der Waals surface area contributed by atoms with Crippen molar-refractivity contribution in [3.63, 3.8) is 0 Å². The monoisotopic (exact) mass is 249 g/mol. The summed E-state index contributed by atoms with van der Waals surface area (Å²) in [5, 5.41) is 3.63. The van der Waals surface area contributed by atoms with Crippen molar-refractivity contribution in [3.05, 3.63) is 30.1 Å². The summed E-state index contributed by atoms with van der Waals surface area (Å²) in [6, 6.07) is 6.57. The molecule has 17 heavy (non-hydrogen) atoms. The molecule has 2 aromatic heterocycles. The van der Waals surface area contributed by atoms with Crippen LogP contribution in [0.1, 0.15) is 0 Å². The largest absolute Gasteiger partial charge is 0.451 e. The van der Waals surface area contributed by atoms with Gasteiger partial charge in [0.1, 0.15) is 0 Å². The third-order valence-corrected chi connectivity index (χ3v) is 2.98. The van der Waals surface area contributed by atoms with Gasteiger partial charge in [-0.25, -0.2) is 4.39 Å². The van der Waals surface area contributed by atoms with Gasteiger partial charge in [0.2, 0.25) is 0 Å². The molecule has 3 rings (SSSR count). The number of furan rings is 1. The number of benzene rings is 1. The molecule has 3 aromatic rings. The Morgan fingerprint density at radius 1 is 1.35 bits per heavy atom. The van der Waals surface area contributed by atoms with Crippen LogP contribution < -0.4 is 5.32 Å². The summed E-state index contributed by atoms with van der Waals surface area (Å²) in [4.78, 5) is 0. The van der Waals surface area contributed by atoms with Gasteiger partial charge in [0.25, 0.3) is 0 Å². The lowest BCUT2D eigenvalue weighted by Gasteiger charge is -1.94. The van der Waals surface area contributed by atoms with E-state index in [0.717, 1.165) is 17.1 Å². The maximum Gasteiger partial charge on any atom is 0.171 e. The minimum Gasteiger partial charge on any atom is -0.451 e. The van der Waals surface area contributed by atoms with Gasteiger partial charge in [-0.05, 0) is 12.1 Å². The number of nitrogens with one attached hydrogen (secondary N) is 1. The van der Waals surface area contributed by atoms with Gasteiger partial charge in [-0.1, -0.05) is 12.1 Å². The highest BCUT2D eigenvalue weighted by molar-refractivity contribution is 6.99. The van der Waals surface area contributed by atoms with Crippen molar-refractivity contribution in [1.82, 2.24) is 8.75 Å². The number of para-hydroxylation sites is 1. The highest BCUT2D eigenvalue weighted by Crippen LogP contribution is 2.32. The zero-order valence-corrected chi connectivity index (χ0v) is 9.71. The van der Waals surface area contributed by atoms with Crippen molar-refractivity contribution in [3.8, 4) is 11.5 Å². The standard InChI is InChI=1S/C11H8FN3OS/c1-13-11-9(14-17-15-11)8-5-6-3-2-4-7(12)10(6)16-8/h2-5H,1H3,(H,13,15). The minimum atomic E-state index is -0.372. The van der Waals surface area contributed by atoms with E-state index in [1.807, 2.05) is 0 Å². The Balaban J connectivity index is 2.22.